The average Bonchev–Trinajstić information content (AvgIpc) is 3.09. The molecule has 1 N–H and O–H groups in total. The number of ether oxygens (including phenoxy) is 1. The molecule has 94 valence electrons. The van der Waals surface area contributed by atoms with Gasteiger partial charge in [-0.3, -0.25) is 9.36 Å². The molecule has 5 nitrogen and oxygen atoms in total. The van der Waals surface area contributed by atoms with Crippen molar-refractivity contribution in [3.63, 3.8) is 0 Å². The van der Waals surface area contributed by atoms with Gasteiger partial charge in [0, 0.05) is 12.0 Å². The van der Waals surface area contributed by atoms with Crippen LogP contribution in [0.4, 0.5) is 0 Å². The summed E-state index contributed by atoms with van der Waals surface area (Å²) in [6.07, 6.45) is 2.12. The van der Waals surface area contributed by atoms with Gasteiger partial charge in [0.25, 0.3) is 5.56 Å². The summed E-state index contributed by atoms with van der Waals surface area (Å²) in [5.74, 6) is 1.12. The van der Waals surface area contributed by atoms with E-state index in [9.17, 15) is 4.79 Å². The quantitative estimate of drug-likeness (QED) is 0.605. The molecule has 1 saturated carbocycles. The number of aliphatic hydroxyl groups is 1. The Morgan fingerprint density at radius 2 is 2.29 bits per heavy atom. The summed E-state index contributed by atoms with van der Waals surface area (Å²) in [5, 5.41) is 8.84. The molecule has 0 unspecified atom stereocenters. The first-order valence-electron chi connectivity index (χ1n) is 5.68. The van der Waals surface area contributed by atoms with E-state index in [-0.39, 0.29) is 23.9 Å². The molecule has 0 atom stereocenters. The van der Waals surface area contributed by atoms with Crippen LogP contribution in [0.5, 0.6) is 0 Å². The number of halogens is 1. The third-order valence-electron chi connectivity index (χ3n) is 2.64. The van der Waals surface area contributed by atoms with Crippen molar-refractivity contribution in [2.75, 3.05) is 19.8 Å². The van der Waals surface area contributed by atoms with Crippen LogP contribution < -0.4 is 5.56 Å². The Morgan fingerprint density at radius 3 is 2.94 bits per heavy atom. The van der Waals surface area contributed by atoms with Crippen molar-refractivity contribution in [3.05, 3.63) is 27.4 Å². The van der Waals surface area contributed by atoms with Gasteiger partial charge in [0.2, 0.25) is 0 Å². The number of hydrogen-bond donors (Lipinski definition) is 1. The smallest absolute Gasteiger partial charge is 0.255 e. The molecule has 1 fully saturated rings. The minimum absolute atomic E-state index is 0.0107. The number of hydrogen-bond acceptors (Lipinski definition) is 4. The molecule has 0 aromatic carbocycles. The molecule has 0 aliphatic heterocycles. The first kappa shape index (κ1) is 12.5. The monoisotopic (exact) mass is 258 g/mol. The van der Waals surface area contributed by atoms with Gasteiger partial charge in [-0.2, -0.15) is 0 Å². The van der Waals surface area contributed by atoms with Crippen molar-refractivity contribution in [2.45, 2.75) is 25.3 Å². The fourth-order valence-corrected chi connectivity index (χ4v) is 1.88. The Labute approximate surface area is 104 Å². The second-order valence-corrected chi connectivity index (χ2v) is 4.42. The maximum Gasteiger partial charge on any atom is 0.255 e. The summed E-state index contributed by atoms with van der Waals surface area (Å²) in [7, 11) is 0. The molecule has 1 aliphatic rings. The van der Waals surface area contributed by atoms with Crippen LogP contribution in [0.15, 0.2) is 10.9 Å². The second-order valence-electron chi connectivity index (χ2n) is 4.04. The topological polar surface area (TPSA) is 64.4 Å². The Morgan fingerprint density at radius 1 is 1.53 bits per heavy atom. The Kier molecular flexibility index (Phi) is 4.15. The molecule has 1 aliphatic carbocycles. The lowest BCUT2D eigenvalue weighted by Gasteiger charge is -2.11. The summed E-state index contributed by atoms with van der Waals surface area (Å²) in [4.78, 5) is 16.0. The van der Waals surface area contributed by atoms with Crippen LogP contribution in [0.1, 0.15) is 24.6 Å². The van der Waals surface area contributed by atoms with Crippen LogP contribution in [0, 0.1) is 0 Å². The van der Waals surface area contributed by atoms with Gasteiger partial charge in [0.1, 0.15) is 11.0 Å². The van der Waals surface area contributed by atoms with Crippen molar-refractivity contribution in [3.8, 4) is 0 Å². The largest absolute Gasteiger partial charge is 0.394 e. The molecule has 0 saturated heterocycles. The van der Waals surface area contributed by atoms with Crippen molar-refractivity contribution >= 4 is 11.6 Å². The molecule has 0 bridgehead atoms. The molecule has 6 heteroatoms. The van der Waals surface area contributed by atoms with E-state index in [1.807, 2.05) is 0 Å². The zero-order chi connectivity index (χ0) is 12.3. The van der Waals surface area contributed by atoms with Crippen molar-refractivity contribution in [1.82, 2.24) is 9.55 Å². The molecule has 0 radical (unpaired) electrons. The van der Waals surface area contributed by atoms with E-state index in [4.69, 9.17) is 21.4 Å². The average molecular weight is 259 g/mol. The van der Waals surface area contributed by atoms with Gasteiger partial charge in [-0.15, -0.1) is 0 Å². The second kappa shape index (κ2) is 5.62. The maximum atomic E-state index is 11.8. The summed E-state index contributed by atoms with van der Waals surface area (Å²) >= 11 is 5.79. The highest BCUT2D eigenvalue weighted by Gasteiger charge is 2.28. The first-order chi connectivity index (χ1) is 8.22. The zero-order valence-corrected chi connectivity index (χ0v) is 10.2. The van der Waals surface area contributed by atoms with Gasteiger partial charge in [0.15, 0.2) is 0 Å². The fraction of sp³-hybridized carbons (Fsp3) is 0.636. The summed E-state index contributed by atoms with van der Waals surface area (Å²) in [6, 6.07) is 1.32. The molecule has 0 spiro atoms. The molecule has 1 aromatic rings. The van der Waals surface area contributed by atoms with Crippen molar-refractivity contribution < 1.29 is 9.84 Å². The van der Waals surface area contributed by atoms with Crippen LogP contribution in [-0.4, -0.2) is 34.5 Å². The highest BCUT2D eigenvalue weighted by molar-refractivity contribution is 6.29. The van der Waals surface area contributed by atoms with Crippen LogP contribution in [0.3, 0.4) is 0 Å². The molecule has 1 heterocycles. The molecule has 17 heavy (non-hydrogen) atoms. The van der Waals surface area contributed by atoms with E-state index >= 15 is 0 Å². The van der Waals surface area contributed by atoms with Gasteiger partial charge in [0.05, 0.1) is 26.4 Å². The van der Waals surface area contributed by atoms with Gasteiger partial charge >= 0.3 is 0 Å². The van der Waals surface area contributed by atoms with Gasteiger partial charge < -0.3 is 9.84 Å². The van der Waals surface area contributed by atoms with E-state index in [0.29, 0.717) is 19.1 Å². The van der Waals surface area contributed by atoms with Crippen molar-refractivity contribution in [2.24, 2.45) is 0 Å². The number of aliphatic hydroxyl groups excluding tert-OH is 1. The predicted molar refractivity (Wildman–Crippen MR) is 63.4 cm³/mol. The predicted octanol–water partition coefficient (Wildman–Crippen LogP) is 0.783. The van der Waals surface area contributed by atoms with Gasteiger partial charge in [-0.05, 0) is 12.8 Å². The van der Waals surface area contributed by atoms with E-state index in [2.05, 4.69) is 4.98 Å². The molecule has 0 amide bonds. The lowest BCUT2D eigenvalue weighted by atomic mass is 10.3. The fourth-order valence-electron chi connectivity index (χ4n) is 1.70. The number of nitrogens with zero attached hydrogens (tertiary/aromatic N) is 2. The highest BCUT2D eigenvalue weighted by atomic mass is 35.5. The zero-order valence-electron chi connectivity index (χ0n) is 9.43. The Hall–Kier alpha value is -0.910. The van der Waals surface area contributed by atoms with Crippen LogP contribution in [0.2, 0.25) is 5.15 Å². The molecular formula is C11H15ClN2O3. The number of aromatic nitrogens is 2. The Bertz CT molecular complexity index is 443. The third-order valence-corrected chi connectivity index (χ3v) is 2.84. The van der Waals surface area contributed by atoms with Crippen molar-refractivity contribution in [1.29, 1.82) is 0 Å². The van der Waals surface area contributed by atoms with E-state index < -0.39 is 0 Å². The minimum atomic E-state index is -0.139. The van der Waals surface area contributed by atoms with Gasteiger partial charge in [-0.25, -0.2) is 4.98 Å². The van der Waals surface area contributed by atoms with E-state index in [1.54, 1.807) is 4.57 Å². The summed E-state index contributed by atoms with van der Waals surface area (Å²) in [5.41, 5.74) is -0.139. The lowest BCUT2D eigenvalue weighted by molar-refractivity contribution is 0.0859. The SMILES string of the molecule is O=c1cc(Cl)nc(C2CC2)n1CCOCCO. The molecular weight excluding hydrogens is 244 g/mol. The van der Waals surface area contributed by atoms with Crippen LogP contribution >= 0.6 is 11.6 Å². The first-order valence-corrected chi connectivity index (χ1v) is 6.06. The summed E-state index contributed by atoms with van der Waals surface area (Å²) in [6.45, 7) is 1.12. The highest BCUT2D eigenvalue weighted by Crippen LogP contribution is 2.38. The van der Waals surface area contributed by atoms with E-state index in [0.717, 1.165) is 18.7 Å². The molecule has 2 rings (SSSR count). The summed E-state index contributed by atoms with van der Waals surface area (Å²) < 4.78 is 6.77. The van der Waals surface area contributed by atoms with E-state index in [1.165, 1.54) is 6.07 Å². The van der Waals surface area contributed by atoms with Gasteiger partial charge in [-0.1, -0.05) is 11.6 Å². The normalized spacial score (nSPS) is 15.2. The Balaban J connectivity index is 2.11. The third kappa shape index (κ3) is 3.28. The maximum absolute atomic E-state index is 11.8. The van der Waals surface area contributed by atoms with Crippen LogP contribution in [-0.2, 0) is 11.3 Å². The van der Waals surface area contributed by atoms with Crippen LogP contribution in [0.25, 0.3) is 0 Å². The lowest BCUT2D eigenvalue weighted by Crippen LogP contribution is -2.26. The molecule has 1 aromatic heterocycles. The standard InChI is InChI=1S/C11H15ClN2O3/c12-9-7-10(16)14(3-5-17-6-4-15)11(13-9)8-1-2-8/h7-8,15H,1-6H2. The minimum Gasteiger partial charge on any atom is -0.394 e. The number of rotatable bonds is 6.